The number of amides is 1. The monoisotopic (exact) mass is 292 g/mol. The molecule has 1 atom stereocenters. The summed E-state index contributed by atoms with van der Waals surface area (Å²) in [7, 11) is 1.57. The minimum atomic E-state index is -1.12. The maximum Gasteiger partial charge on any atom is 0.246 e. The fourth-order valence-corrected chi connectivity index (χ4v) is 3.17. The summed E-state index contributed by atoms with van der Waals surface area (Å²) in [5.41, 5.74) is -0.380. The second kappa shape index (κ2) is 6.56. The van der Waals surface area contributed by atoms with Crippen LogP contribution in [0.1, 0.15) is 43.7 Å². The van der Waals surface area contributed by atoms with Gasteiger partial charge in [-0.2, -0.15) is 0 Å². The van der Waals surface area contributed by atoms with Crippen LogP contribution in [0.2, 0.25) is 0 Å². The molecule has 21 heavy (non-hydrogen) atoms. The largest absolute Gasteiger partial charge is 0.497 e. The van der Waals surface area contributed by atoms with Crippen molar-refractivity contribution < 1.29 is 14.5 Å². The molecule has 1 aliphatic carbocycles. The van der Waals surface area contributed by atoms with E-state index >= 15 is 0 Å². The summed E-state index contributed by atoms with van der Waals surface area (Å²) < 4.78 is 5.10. The van der Waals surface area contributed by atoms with Crippen molar-refractivity contribution >= 4 is 6.41 Å². The number of carbonyl (C=O) groups is 1. The third-order valence-corrected chi connectivity index (χ3v) is 4.30. The Morgan fingerprint density at radius 3 is 2.38 bits per heavy atom. The fourth-order valence-electron chi connectivity index (χ4n) is 3.17. The zero-order chi connectivity index (χ0) is 15.3. The highest BCUT2D eigenvalue weighted by Gasteiger charge is 2.51. The van der Waals surface area contributed by atoms with Gasteiger partial charge in [0.05, 0.1) is 7.11 Å². The molecule has 1 fully saturated rings. The van der Waals surface area contributed by atoms with E-state index in [1.54, 1.807) is 31.4 Å². The predicted molar refractivity (Wildman–Crippen MR) is 77.7 cm³/mol. The van der Waals surface area contributed by atoms with Crippen LogP contribution in [0, 0.1) is 10.1 Å². The molecule has 1 N–H and O–H groups in total. The Bertz CT molecular complexity index is 495. The first-order valence-corrected chi connectivity index (χ1v) is 7.12. The Hall–Kier alpha value is -2.11. The van der Waals surface area contributed by atoms with Gasteiger partial charge in [0.1, 0.15) is 11.8 Å². The summed E-state index contributed by atoms with van der Waals surface area (Å²) in [4.78, 5) is 22.5. The molecule has 114 valence electrons. The lowest BCUT2D eigenvalue weighted by molar-refractivity contribution is -0.581. The van der Waals surface area contributed by atoms with Crippen molar-refractivity contribution in [3.8, 4) is 5.75 Å². The van der Waals surface area contributed by atoms with Crippen LogP contribution in [0.5, 0.6) is 5.75 Å². The zero-order valence-corrected chi connectivity index (χ0v) is 12.1. The number of hydrogen-bond donors (Lipinski definition) is 1. The van der Waals surface area contributed by atoms with E-state index < -0.39 is 11.6 Å². The van der Waals surface area contributed by atoms with Gasteiger partial charge in [-0.15, -0.1) is 0 Å². The molecule has 1 aromatic carbocycles. The normalized spacial score (nSPS) is 18.5. The van der Waals surface area contributed by atoms with Crippen LogP contribution in [0.3, 0.4) is 0 Å². The standard InChI is InChI=1S/C15H20N2O4/c1-21-13-7-5-12(6-8-13)14(16-11-18)15(17(19)20)9-3-2-4-10-15/h5-8,11,14H,2-4,9-10H2,1H3,(H,16,18). The molecule has 0 aliphatic heterocycles. The van der Waals surface area contributed by atoms with Crippen molar-refractivity contribution in [3.05, 3.63) is 39.9 Å². The molecule has 0 aromatic heterocycles. The number of methoxy groups -OCH3 is 1. The second-order valence-corrected chi connectivity index (χ2v) is 5.41. The molecular weight excluding hydrogens is 272 g/mol. The molecule has 1 aliphatic rings. The summed E-state index contributed by atoms with van der Waals surface area (Å²) in [5, 5.41) is 14.4. The number of rotatable bonds is 6. The molecule has 6 nitrogen and oxygen atoms in total. The Balaban J connectivity index is 2.38. The van der Waals surface area contributed by atoms with Gasteiger partial charge in [0.15, 0.2) is 0 Å². The van der Waals surface area contributed by atoms with E-state index in [0.29, 0.717) is 25.0 Å². The number of carbonyl (C=O) groups excluding carboxylic acids is 1. The van der Waals surface area contributed by atoms with Gasteiger partial charge in [-0.1, -0.05) is 18.6 Å². The fraction of sp³-hybridized carbons (Fsp3) is 0.533. The van der Waals surface area contributed by atoms with Gasteiger partial charge < -0.3 is 10.1 Å². The van der Waals surface area contributed by atoms with Crippen LogP contribution < -0.4 is 10.1 Å². The number of nitrogens with zero attached hydrogens (tertiary/aromatic N) is 1. The van der Waals surface area contributed by atoms with Crippen molar-refractivity contribution in [2.24, 2.45) is 0 Å². The van der Waals surface area contributed by atoms with Crippen molar-refractivity contribution in [1.82, 2.24) is 5.32 Å². The lowest BCUT2D eigenvalue weighted by Gasteiger charge is -2.35. The molecule has 6 heteroatoms. The van der Waals surface area contributed by atoms with E-state index in [1.807, 2.05) is 0 Å². The van der Waals surface area contributed by atoms with Gasteiger partial charge in [0.2, 0.25) is 11.9 Å². The highest BCUT2D eigenvalue weighted by atomic mass is 16.6. The average molecular weight is 292 g/mol. The number of hydrogen-bond acceptors (Lipinski definition) is 4. The zero-order valence-electron chi connectivity index (χ0n) is 12.1. The second-order valence-electron chi connectivity index (χ2n) is 5.41. The van der Waals surface area contributed by atoms with Crippen LogP contribution >= 0.6 is 0 Å². The quantitative estimate of drug-likeness (QED) is 0.496. The van der Waals surface area contributed by atoms with Crippen LogP contribution in [-0.2, 0) is 4.79 Å². The Morgan fingerprint density at radius 2 is 1.90 bits per heavy atom. The number of nitrogens with one attached hydrogen (secondary N) is 1. The maximum absolute atomic E-state index is 11.7. The van der Waals surface area contributed by atoms with Gasteiger partial charge in [-0.05, 0) is 30.5 Å². The van der Waals surface area contributed by atoms with E-state index in [-0.39, 0.29) is 4.92 Å². The minimum Gasteiger partial charge on any atom is -0.497 e. The lowest BCUT2D eigenvalue weighted by atomic mass is 9.74. The summed E-state index contributed by atoms with van der Waals surface area (Å²) >= 11 is 0. The van der Waals surface area contributed by atoms with Crippen molar-refractivity contribution in [1.29, 1.82) is 0 Å². The molecule has 1 amide bonds. The topological polar surface area (TPSA) is 81.5 Å². The van der Waals surface area contributed by atoms with Crippen molar-refractivity contribution in [2.75, 3.05) is 7.11 Å². The molecule has 0 heterocycles. The van der Waals surface area contributed by atoms with Gasteiger partial charge in [0, 0.05) is 17.8 Å². The first-order valence-electron chi connectivity index (χ1n) is 7.12. The van der Waals surface area contributed by atoms with Gasteiger partial charge in [0.25, 0.3) is 0 Å². The smallest absolute Gasteiger partial charge is 0.246 e. The van der Waals surface area contributed by atoms with Gasteiger partial charge in [-0.25, -0.2) is 0 Å². The summed E-state index contributed by atoms with van der Waals surface area (Å²) in [6.45, 7) is 0. The Morgan fingerprint density at radius 1 is 1.29 bits per heavy atom. The van der Waals surface area contributed by atoms with E-state index in [9.17, 15) is 14.9 Å². The van der Waals surface area contributed by atoms with Crippen LogP contribution in [-0.4, -0.2) is 24.0 Å². The molecule has 0 spiro atoms. The van der Waals surface area contributed by atoms with Crippen molar-refractivity contribution in [3.63, 3.8) is 0 Å². The highest BCUT2D eigenvalue weighted by Crippen LogP contribution is 2.41. The van der Waals surface area contributed by atoms with Crippen LogP contribution in [0.15, 0.2) is 24.3 Å². The average Bonchev–Trinajstić information content (AvgIpc) is 2.53. The Labute approximate surface area is 123 Å². The summed E-state index contributed by atoms with van der Waals surface area (Å²) in [5.74, 6) is 0.683. The van der Waals surface area contributed by atoms with E-state index in [4.69, 9.17) is 4.74 Å². The molecule has 1 saturated carbocycles. The predicted octanol–water partition coefficient (Wildman–Crippen LogP) is 2.46. The SMILES string of the molecule is COc1ccc(C(NC=O)C2([N+](=O)[O-])CCCCC2)cc1. The van der Waals surface area contributed by atoms with Gasteiger partial charge in [-0.3, -0.25) is 14.9 Å². The first-order chi connectivity index (χ1) is 10.1. The molecule has 1 unspecified atom stereocenters. The van der Waals surface area contributed by atoms with E-state index in [1.165, 1.54) is 0 Å². The molecule has 1 aromatic rings. The number of nitro groups is 1. The third kappa shape index (κ3) is 2.99. The van der Waals surface area contributed by atoms with Gasteiger partial charge >= 0.3 is 0 Å². The molecule has 0 saturated heterocycles. The summed E-state index contributed by atoms with van der Waals surface area (Å²) in [6, 6.07) is 6.45. The summed E-state index contributed by atoms with van der Waals surface area (Å²) in [6.07, 6.45) is 4.15. The third-order valence-electron chi connectivity index (χ3n) is 4.30. The van der Waals surface area contributed by atoms with E-state index in [0.717, 1.165) is 24.8 Å². The lowest BCUT2D eigenvalue weighted by Crippen LogP contribution is -2.51. The Kier molecular flexibility index (Phi) is 4.77. The molecule has 0 radical (unpaired) electrons. The van der Waals surface area contributed by atoms with Crippen molar-refractivity contribution in [2.45, 2.75) is 43.7 Å². The maximum atomic E-state index is 11.7. The molecular formula is C15H20N2O4. The van der Waals surface area contributed by atoms with Crippen LogP contribution in [0.4, 0.5) is 0 Å². The minimum absolute atomic E-state index is 0.211. The first kappa shape index (κ1) is 15.3. The number of ether oxygens (including phenoxy) is 1. The van der Waals surface area contributed by atoms with E-state index in [2.05, 4.69) is 5.32 Å². The van der Waals surface area contributed by atoms with Crippen LogP contribution in [0.25, 0.3) is 0 Å². The number of benzene rings is 1. The highest BCUT2D eigenvalue weighted by molar-refractivity contribution is 5.49. The molecule has 2 rings (SSSR count). The molecule has 0 bridgehead atoms.